The normalized spacial score (nSPS) is 9.45. The zero-order valence-electron chi connectivity index (χ0n) is 14.9. The molecule has 0 saturated carbocycles. The van der Waals surface area contributed by atoms with E-state index in [-0.39, 0.29) is 72.0 Å². The Balaban J connectivity index is -0.0000000332. The van der Waals surface area contributed by atoms with E-state index >= 15 is 0 Å². The van der Waals surface area contributed by atoms with E-state index in [2.05, 4.69) is 6.92 Å². The second-order valence-corrected chi connectivity index (χ2v) is 4.63. The number of rotatable bonds is 3. The Morgan fingerprint density at radius 1 is 0.900 bits per heavy atom. The fraction of sp³-hybridized carbons (Fsp3) is 0.750. The standard InChI is InChI=1S/2C5H11O.2C3H7.2Y/c1-5(2)3-4-6;1-4(2)5(3)6;2*1-3-2;;/h3,5-6H,4H2,1-2H3;4-6H,3H2,1-2H3;2*3H,1-2H3;;/q4*-1;;. The van der Waals surface area contributed by atoms with Gasteiger partial charge in [0.1, 0.15) is 0 Å². The minimum Gasteiger partial charge on any atom is -0.428 e. The van der Waals surface area contributed by atoms with Gasteiger partial charge in [-0.15, -0.1) is 0 Å². The van der Waals surface area contributed by atoms with Crippen molar-refractivity contribution < 1.29 is 75.6 Å². The summed E-state index contributed by atoms with van der Waals surface area (Å²) in [4.78, 5) is 0. The summed E-state index contributed by atoms with van der Waals surface area (Å²) in [5.41, 5.74) is 0. The van der Waals surface area contributed by atoms with Crippen LogP contribution in [0.15, 0.2) is 0 Å². The van der Waals surface area contributed by atoms with E-state index in [0.717, 1.165) is 0 Å². The third-order valence-corrected chi connectivity index (χ3v) is 1.35. The van der Waals surface area contributed by atoms with Crippen LogP contribution in [-0.2, 0) is 65.4 Å². The maximum absolute atomic E-state index is 8.52. The summed E-state index contributed by atoms with van der Waals surface area (Å²) in [5.74, 6) is 0.819. The molecule has 122 valence electrons. The summed E-state index contributed by atoms with van der Waals surface area (Å²) in [5, 5.41) is 16.7. The Morgan fingerprint density at radius 3 is 1.10 bits per heavy atom. The van der Waals surface area contributed by atoms with Crippen LogP contribution in [-0.4, -0.2) is 22.9 Å². The minimum atomic E-state index is -0.398. The van der Waals surface area contributed by atoms with Crippen LogP contribution in [0.2, 0.25) is 0 Å². The molecule has 0 amide bonds. The Bertz CT molecular complexity index is 101. The van der Waals surface area contributed by atoms with E-state index < -0.39 is 6.10 Å². The third kappa shape index (κ3) is 88.4. The van der Waals surface area contributed by atoms with Gasteiger partial charge in [-0.05, 0) is 5.92 Å². The molecule has 0 aliphatic carbocycles. The third-order valence-electron chi connectivity index (χ3n) is 1.35. The van der Waals surface area contributed by atoms with Gasteiger partial charge in [0, 0.05) is 65.4 Å². The predicted octanol–water partition coefficient (Wildman–Crippen LogP) is 4.13. The second kappa shape index (κ2) is 37.4. The first-order chi connectivity index (χ1) is 8.24. The van der Waals surface area contributed by atoms with Crippen LogP contribution in [0.4, 0.5) is 0 Å². The van der Waals surface area contributed by atoms with Crippen LogP contribution in [0.25, 0.3) is 0 Å². The fourth-order valence-electron chi connectivity index (χ4n) is 0.211. The molecule has 4 heteroatoms. The number of hydrogen-bond donors (Lipinski definition) is 2. The molecule has 2 N–H and O–H groups in total. The van der Waals surface area contributed by atoms with Gasteiger partial charge >= 0.3 is 0 Å². The largest absolute Gasteiger partial charge is 0.428 e. The average Bonchev–Trinajstić information content (AvgIpc) is 2.20. The maximum Gasteiger partial charge on any atom is 0 e. The molecule has 0 spiro atoms. The van der Waals surface area contributed by atoms with Gasteiger partial charge < -0.3 is 36.4 Å². The van der Waals surface area contributed by atoms with Crippen molar-refractivity contribution in [1.29, 1.82) is 0 Å². The van der Waals surface area contributed by atoms with Crippen LogP contribution in [0.5, 0.6) is 0 Å². The average molecular weight is 438 g/mol. The zero-order chi connectivity index (χ0) is 15.6. The first kappa shape index (κ1) is 38.0. The van der Waals surface area contributed by atoms with E-state index in [1.165, 1.54) is 0 Å². The Kier molecular flexibility index (Phi) is 71.0. The molecule has 0 aromatic rings. The molecular weight excluding hydrogens is 402 g/mol. The van der Waals surface area contributed by atoms with E-state index in [1.54, 1.807) is 0 Å². The van der Waals surface area contributed by atoms with Crippen LogP contribution in [0, 0.1) is 38.0 Å². The van der Waals surface area contributed by atoms with Crippen molar-refractivity contribution in [3.05, 3.63) is 26.2 Å². The SMILES string of the molecule is CC(C)[CH-]CO.C[CH-]C.C[CH-]C.[CH2-]C(O)C(C)C.[Y].[Y]. The Hall–Kier alpha value is 2.13. The molecule has 1 unspecified atom stereocenters. The molecule has 0 aliphatic rings. The number of hydrogen-bond acceptors (Lipinski definition) is 2. The van der Waals surface area contributed by atoms with Crippen LogP contribution < -0.4 is 0 Å². The van der Waals surface area contributed by atoms with Crippen molar-refractivity contribution in [1.82, 2.24) is 0 Å². The molecule has 2 nitrogen and oxygen atoms in total. The molecule has 0 saturated heterocycles. The van der Waals surface area contributed by atoms with Crippen LogP contribution in [0.3, 0.4) is 0 Å². The second-order valence-electron chi connectivity index (χ2n) is 4.63. The summed E-state index contributed by atoms with van der Waals surface area (Å²) in [6.45, 7) is 19.5. The molecule has 0 fully saturated rings. The topological polar surface area (TPSA) is 40.5 Å². The monoisotopic (exact) mass is 438 g/mol. The van der Waals surface area contributed by atoms with Gasteiger partial charge in [0.15, 0.2) is 0 Å². The molecule has 0 aliphatic heterocycles. The first-order valence-electron chi connectivity index (χ1n) is 6.68. The minimum absolute atomic E-state index is 0. The quantitative estimate of drug-likeness (QED) is 0.651. The molecule has 0 aromatic carbocycles. The molecule has 0 rings (SSSR count). The molecule has 1 atom stereocenters. The van der Waals surface area contributed by atoms with Gasteiger partial charge in [-0.3, -0.25) is 0 Å². The van der Waals surface area contributed by atoms with Gasteiger partial charge in [-0.1, -0.05) is 40.4 Å². The summed E-state index contributed by atoms with van der Waals surface area (Å²) < 4.78 is 0. The predicted molar refractivity (Wildman–Crippen MR) is 83.7 cm³/mol. The van der Waals surface area contributed by atoms with Crippen molar-refractivity contribution in [2.75, 3.05) is 6.61 Å². The number of aliphatic hydroxyl groups excluding tert-OH is 2. The molecule has 2 radical (unpaired) electrons. The van der Waals surface area contributed by atoms with Crippen molar-refractivity contribution in [3.8, 4) is 0 Å². The fourth-order valence-corrected chi connectivity index (χ4v) is 0.211. The van der Waals surface area contributed by atoms with E-state index in [1.807, 2.05) is 74.7 Å². The summed E-state index contributed by atoms with van der Waals surface area (Å²) in [6.07, 6.45) is 5.45. The number of aliphatic hydroxyl groups is 2. The summed E-state index contributed by atoms with van der Waals surface area (Å²) >= 11 is 0. The molecule has 0 aromatic heterocycles. The maximum atomic E-state index is 8.52. The van der Waals surface area contributed by atoms with Gasteiger partial charge in [0.25, 0.3) is 0 Å². The smallest absolute Gasteiger partial charge is 0 e. The summed E-state index contributed by atoms with van der Waals surface area (Å²) in [6, 6.07) is 0. The molecule has 0 heterocycles. The Morgan fingerprint density at radius 2 is 1.10 bits per heavy atom. The van der Waals surface area contributed by atoms with Gasteiger partial charge in [0.2, 0.25) is 0 Å². The van der Waals surface area contributed by atoms with Crippen molar-refractivity contribution >= 4 is 0 Å². The van der Waals surface area contributed by atoms with E-state index in [0.29, 0.717) is 11.8 Å². The first-order valence-corrected chi connectivity index (χ1v) is 6.68. The van der Waals surface area contributed by atoms with Crippen LogP contribution >= 0.6 is 0 Å². The zero-order valence-corrected chi connectivity index (χ0v) is 20.6. The van der Waals surface area contributed by atoms with Gasteiger partial charge in [-0.2, -0.15) is 33.6 Å². The molecule has 20 heavy (non-hydrogen) atoms. The van der Waals surface area contributed by atoms with Crippen molar-refractivity contribution in [3.63, 3.8) is 0 Å². The summed E-state index contributed by atoms with van der Waals surface area (Å²) in [7, 11) is 0. The van der Waals surface area contributed by atoms with Gasteiger partial charge in [0.05, 0.1) is 0 Å². The molecule has 0 bridgehead atoms. The van der Waals surface area contributed by atoms with E-state index in [4.69, 9.17) is 10.2 Å². The van der Waals surface area contributed by atoms with E-state index in [9.17, 15) is 0 Å². The van der Waals surface area contributed by atoms with Gasteiger partial charge in [-0.25, -0.2) is 0 Å². The van der Waals surface area contributed by atoms with Crippen molar-refractivity contribution in [2.24, 2.45) is 11.8 Å². The van der Waals surface area contributed by atoms with Crippen LogP contribution in [0.1, 0.15) is 55.4 Å². The Labute approximate surface area is 180 Å². The van der Waals surface area contributed by atoms with Crippen molar-refractivity contribution in [2.45, 2.75) is 61.5 Å². The molecular formula is C16H36O2Y2-4.